The number of nitrogens with one attached hydrogen (secondary N) is 1. The Morgan fingerprint density at radius 2 is 2.19 bits per heavy atom. The van der Waals surface area contributed by atoms with Crippen molar-refractivity contribution >= 4 is 12.0 Å². The molecule has 1 N–H and O–H groups in total. The molecule has 2 rings (SSSR count). The lowest BCUT2D eigenvalue weighted by Crippen LogP contribution is -2.27. The van der Waals surface area contributed by atoms with Gasteiger partial charge in [0, 0.05) is 25.3 Å². The summed E-state index contributed by atoms with van der Waals surface area (Å²) >= 11 is 0. The van der Waals surface area contributed by atoms with E-state index in [1.54, 1.807) is 31.8 Å². The van der Waals surface area contributed by atoms with E-state index in [-0.39, 0.29) is 12.0 Å². The third kappa shape index (κ3) is 4.33. The Hall–Kier alpha value is -2.33. The standard InChI is InChI=1S/C17H19NO3/c1-13-5-3-4-6-15(13)16(20-2)11-18-17(19)8-7-14-9-10-21-12-14/h3-10,12,16H,11H2,1-2H3,(H,18,19)/b8-7+/t16-/m1/s1. The highest BCUT2D eigenvalue weighted by atomic mass is 16.5. The fourth-order valence-corrected chi connectivity index (χ4v) is 2.06. The first-order chi connectivity index (χ1) is 10.2. The molecule has 0 spiro atoms. The number of rotatable bonds is 6. The van der Waals surface area contributed by atoms with E-state index in [1.165, 1.54) is 6.08 Å². The van der Waals surface area contributed by atoms with Crippen LogP contribution in [0.25, 0.3) is 6.08 Å². The normalized spacial score (nSPS) is 12.5. The third-order valence-electron chi connectivity index (χ3n) is 3.25. The van der Waals surface area contributed by atoms with Crippen molar-refractivity contribution in [3.63, 3.8) is 0 Å². The molecular weight excluding hydrogens is 266 g/mol. The second-order valence-corrected chi connectivity index (χ2v) is 4.72. The van der Waals surface area contributed by atoms with Crippen LogP contribution in [0.5, 0.6) is 0 Å². The van der Waals surface area contributed by atoms with Crippen LogP contribution < -0.4 is 5.32 Å². The number of carbonyl (C=O) groups is 1. The Morgan fingerprint density at radius 3 is 2.86 bits per heavy atom. The van der Waals surface area contributed by atoms with Gasteiger partial charge in [-0.2, -0.15) is 0 Å². The third-order valence-corrected chi connectivity index (χ3v) is 3.25. The number of methoxy groups -OCH3 is 1. The zero-order chi connectivity index (χ0) is 15.1. The number of hydrogen-bond acceptors (Lipinski definition) is 3. The number of carbonyl (C=O) groups excluding carboxylic acids is 1. The highest BCUT2D eigenvalue weighted by Gasteiger charge is 2.13. The molecule has 0 saturated carbocycles. The molecule has 0 fully saturated rings. The van der Waals surface area contributed by atoms with Gasteiger partial charge in [0.15, 0.2) is 0 Å². The van der Waals surface area contributed by atoms with Gasteiger partial charge in [0.25, 0.3) is 0 Å². The van der Waals surface area contributed by atoms with E-state index in [4.69, 9.17) is 9.15 Å². The van der Waals surface area contributed by atoms with Crippen LogP contribution in [-0.2, 0) is 9.53 Å². The second kappa shape index (κ2) is 7.45. The Bertz CT molecular complexity index is 602. The first-order valence-corrected chi connectivity index (χ1v) is 6.77. The van der Waals surface area contributed by atoms with E-state index in [2.05, 4.69) is 5.32 Å². The van der Waals surface area contributed by atoms with Gasteiger partial charge in [-0.25, -0.2) is 0 Å². The number of ether oxygens (including phenoxy) is 1. The van der Waals surface area contributed by atoms with Gasteiger partial charge in [-0.15, -0.1) is 0 Å². The smallest absolute Gasteiger partial charge is 0.244 e. The molecule has 0 aliphatic carbocycles. The molecule has 1 aromatic carbocycles. The molecule has 0 radical (unpaired) electrons. The van der Waals surface area contributed by atoms with E-state index in [9.17, 15) is 4.79 Å². The molecule has 4 heteroatoms. The Morgan fingerprint density at radius 1 is 1.38 bits per heavy atom. The zero-order valence-electron chi connectivity index (χ0n) is 12.2. The largest absolute Gasteiger partial charge is 0.472 e. The maximum Gasteiger partial charge on any atom is 0.244 e. The Balaban J connectivity index is 1.91. The molecule has 0 unspecified atom stereocenters. The number of benzene rings is 1. The zero-order valence-corrected chi connectivity index (χ0v) is 12.2. The molecule has 21 heavy (non-hydrogen) atoms. The van der Waals surface area contributed by atoms with E-state index >= 15 is 0 Å². The summed E-state index contributed by atoms with van der Waals surface area (Å²) < 4.78 is 10.4. The summed E-state index contributed by atoms with van der Waals surface area (Å²) in [6, 6.07) is 9.78. The van der Waals surface area contributed by atoms with Crippen LogP contribution in [0.1, 0.15) is 22.8 Å². The van der Waals surface area contributed by atoms with Crippen LogP contribution >= 0.6 is 0 Å². The summed E-state index contributed by atoms with van der Waals surface area (Å²) in [5.41, 5.74) is 3.08. The van der Waals surface area contributed by atoms with Gasteiger partial charge in [0.1, 0.15) is 0 Å². The van der Waals surface area contributed by atoms with Crippen molar-refractivity contribution in [1.82, 2.24) is 5.32 Å². The Labute approximate surface area is 124 Å². The van der Waals surface area contributed by atoms with Crippen LogP contribution in [0.4, 0.5) is 0 Å². The number of aryl methyl sites for hydroxylation is 1. The molecular formula is C17H19NO3. The maximum absolute atomic E-state index is 11.8. The molecule has 0 aliphatic heterocycles. The monoisotopic (exact) mass is 285 g/mol. The van der Waals surface area contributed by atoms with Crippen LogP contribution in [0, 0.1) is 6.92 Å². The lowest BCUT2D eigenvalue weighted by Gasteiger charge is -2.18. The van der Waals surface area contributed by atoms with Gasteiger partial charge in [-0.05, 0) is 30.2 Å². The summed E-state index contributed by atoms with van der Waals surface area (Å²) in [7, 11) is 1.64. The molecule has 0 bridgehead atoms. The van der Waals surface area contributed by atoms with Crippen LogP contribution in [0.3, 0.4) is 0 Å². The van der Waals surface area contributed by atoms with Crippen molar-refractivity contribution in [3.8, 4) is 0 Å². The van der Waals surface area contributed by atoms with E-state index < -0.39 is 0 Å². The number of amides is 1. The van der Waals surface area contributed by atoms with Crippen molar-refractivity contribution in [2.45, 2.75) is 13.0 Å². The van der Waals surface area contributed by atoms with Gasteiger partial charge >= 0.3 is 0 Å². The van der Waals surface area contributed by atoms with Crippen molar-refractivity contribution in [3.05, 3.63) is 65.6 Å². The van der Waals surface area contributed by atoms with E-state index in [1.807, 2.05) is 31.2 Å². The highest BCUT2D eigenvalue weighted by Crippen LogP contribution is 2.19. The quantitative estimate of drug-likeness (QED) is 0.830. The summed E-state index contributed by atoms with van der Waals surface area (Å²) in [5, 5.41) is 2.84. The maximum atomic E-state index is 11.8. The Kier molecular flexibility index (Phi) is 5.35. The van der Waals surface area contributed by atoms with Gasteiger partial charge < -0.3 is 14.5 Å². The first-order valence-electron chi connectivity index (χ1n) is 6.77. The minimum Gasteiger partial charge on any atom is -0.472 e. The molecule has 0 saturated heterocycles. The van der Waals surface area contributed by atoms with E-state index in [0.29, 0.717) is 6.54 Å². The van der Waals surface area contributed by atoms with Crippen LogP contribution in [-0.4, -0.2) is 19.6 Å². The van der Waals surface area contributed by atoms with Gasteiger partial charge in [-0.1, -0.05) is 24.3 Å². The highest BCUT2D eigenvalue weighted by molar-refractivity contribution is 5.91. The number of furan rings is 1. The molecule has 110 valence electrons. The minimum absolute atomic E-state index is 0.155. The summed E-state index contributed by atoms with van der Waals surface area (Å²) in [6.45, 7) is 2.46. The minimum atomic E-state index is -0.160. The van der Waals surface area contributed by atoms with Crippen molar-refractivity contribution < 1.29 is 13.9 Å². The average Bonchev–Trinajstić information content (AvgIpc) is 3.01. The second-order valence-electron chi connectivity index (χ2n) is 4.72. The van der Waals surface area contributed by atoms with Gasteiger partial charge in [0.05, 0.1) is 18.6 Å². The lowest BCUT2D eigenvalue weighted by atomic mass is 10.0. The fraction of sp³-hybridized carbons (Fsp3) is 0.235. The molecule has 2 aromatic rings. The molecule has 1 heterocycles. The van der Waals surface area contributed by atoms with Crippen molar-refractivity contribution in [2.75, 3.05) is 13.7 Å². The summed E-state index contributed by atoms with van der Waals surface area (Å²) in [4.78, 5) is 11.8. The molecule has 1 amide bonds. The van der Waals surface area contributed by atoms with Crippen LogP contribution in [0.2, 0.25) is 0 Å². The van der Waals surface area contributed by atoms with Crippen molar-refractivity contribution in [2.24, 2.45) is 0 Å². The van der Waals surface area contributed by atoms with Gasteiger partial charge in [0.2, 0.25) is 5.91 Å². The molecule has 1 atom stereocenters. The van der Waals surface area contributed by atoms with Crippen LogP contribution in [0.15, 0.2) is 53.4 Å². The first kappa shape index (κ1) is 15.1. The average molecular weight is 285 g/mol. The lowest BCUT2D eigenvalue weighted by molar-refractivity contribution is -0.117. The topological polar surface area (TPSA) is 51.5 Å². The number of hydrogen-bond donors (Lipinski definition) is 1. The molecule has 4 nitrogen and oxygen atoms in total. The predicted octanol–water partition coefficient (Wildman–Crippen LogP) is 3.11. The summed E-state index contributed by atoms with van der Waals surface area (Å²) in [6.07, 6.45) is 6.17. The predicted molar refractivity (Wildman–Crippen MR) is 81.7 cm³/mol. The van der Waals surface area contributed by atoms with Crippen molar-refractivity contribution in [1.29, 1.82) is 0 Å². The molecule has 0 aliphatic rings. The summed E-state index contributed by atoms with van der Waals surface area (Å²) in [5.74, 6) is -0.160. The van der Waals surface area contributed by atoms with Gasteiger partial charge in [-0.3, -0.25) is 4.79 Å². The SMILES string of the molecule is CO[C@H](CNC(=O)/C=C/c1ccoc1)c1ccccc1C. The van der Waals surface area contributed by atoms with E-state index in [0.717, 1.165) is 16.7 Å². The molecule has 1 aromatic heterocycles. The fourth-order valence-electron chi connectivity index (χ4n) is 2.06.